The molecule has 0 bridgehead atoms. The van der Waals surface area contributed by atoms with Crippen LogP contribution in [0.4, 0.5) is 0 Å². The maximum absolute atomic E-state index is 12.8. The topological polar surface area (TPSA) is 20.3 Å². The van der Waals surface area contributed by atoms with Crippen LogP contribution in [0.25, 0.3) is 0 Å². The fourth-order valence-corrected chi connectivity index (χ4v) is 4.01. The Bertz CT molecular complexity index is 684. The zero-order valence-corrected chi connectivity index (χ0v) is 12.8. The monoisotopic (exact) mass is 291 g/mol. The highest BCUT2D eigenvalue weighted by Crippen LogP contribution is 2.44. The number of benzene rings is 2. The molecule has 112 valence electrons. The van der Waals surface area contributed by atoms with Crippen LogP contribution in [0.2, 0.25) is 0 Å². The number of likely N-dealkylation sites (tertiary alicyclic amines) is 1. The Kier molecular flexibility index (Phi) is 3.34. The highest BCUT2D eigenvalue weighted by atomic mass is 16.1. The summed E-state index contributed by atoms with van der Waals surface area (Å²) in [5.41, 5.74) is 3.47. The first-order valence-corrected chi connectivity index (χ1v) is 8.16. The Labute approximate surface area is 131 Å². The van der Waals surface area contributed by atoms with Gasteiger partial charge in [-0.25, -0.2) is 0 Å². The first kappa shape index (κ1) is 13.7. The molecule has 1 aliphatic heterocycles. The van der Waals surface area contributed by atoms with Crippen molar-refractivity contribution in [1.29, 1.82) is 0 Å². The highest BCUT2D eigenvalue weighted by Gasteiger charge is 2.46. The summed E-state index contributed by atoms with van der Waals surface area (Å²) in [6.07, 6.45) is 2.93. The summed E-state index contributed by atoms with van der Waals surface area (Å²) in [6, 6.07) is 18.8. The number of ketones is 1. The lowest BCUT2D eigenvalue weighted by molar-refractivity contribution is 0.0623. The van der Waals surface area contributed by atoms with Gasteiger partial charge in [0.25, 0.3) is 0 Å². The van der Waals surface area contributed by atoms with E-state index < -0.39 is 0 Å². The van der Waals surface area contributed by atoms with Crippen LogP contribution < -0.4 is 0 Å². The maximum Gasteiger partial charge on any atom is 0.169 e. The van der Waals surface area contributed by atoms with Crippen molar-refractivity contribution < 1.29 is 4.79 Å². The minimum atomic E-state index is -0.114. The molecule has 0 N–H and O–H groups in total. The Hall–Kier alpha value is -1.93. The fourth-order valence-electron chi connectivity index (χ4n) is 4.01. The number of nitrogens with zero attached hydrogens (tertiary/aromatic N) is 1. The van der Waals surface area contributed by atoms with Gasteiger partial charge in [0, 0.05) is 17.5 Å². The van der Waals surface area contributed by atoms with E-state index >= 15 is 0 Å². The second-order valence-corrected chi connectivity index (χ2v) is 6.71. The largest absolute Gasteiger partial charge is 0.299 e. The number of hydrogen-bond acceptors (Lipinski definition) is 2. The summed E-state index contributed by atoms with van der Waals surface area (Å²) in [5.74, 6) is 0.391. The predicted molar refractivity (Wildman–Crippen MR) is 87.9 cm³/mol. The van der Waals surface area contributed by atoms with Crippen LogP contribution in [0.1, 0.15) is 34.3 Å². The lowest BCUT2D eigenvalue weighted by atomic mass is 9.75. The van der Waals surface area contributed by atoms with Gasteiger partial charge in [-0.05, 0) is 43.5 Å². The van der Waals surface area contributed by atoms with Gasteiger partial charge in [-0.15, -0.1) is 0 Å². The molecule has 2 aromatic rings. The van der Waals surface area contributed by atoms with Crippen LogP contribution >= 0.6 is 0 Å². The van der Waals surface area contributed by atoms with Crippen molar-refractivity contribution in [3.63, 3.8) is 0 Å². The Balaban J connectivity index is 1.46. The smallest absolute Gasteiger partial charge is 0.169 e. The number of Topliss-reactive ketones (excluding diaryl/α,β-unsaturated/α-hetero) is 1. The minimum Gasteiger partial charge on any atom is -0.299 e. The summed E-state index contributed by atoms with van der Waals surface area (Å²) in [5, 5.41) is 0. The van der Waals surface area contributed by atoms with Crippen LogP contribution in [0.3, 0.4) is 0 Å². The molecule has 0 unspecified atom stereocenters. The molecule has 1 spiro atoms. The zero-order chi connectivity index (χ0) is 15.0. The third-order valence-corrected chi connectivity index (χ3v) is 5.33. The Morgan fingerprint density at radius 3 is 2.32 bits per heavy atom. The Morgan fingerprint density at radius 1 is 0.909 bits per heavy atom. The molecule has 0 atom stereocenters. The molecule has 22 heavy (non-hydrogen) atoms. The van der Waals surface area contributed by atoms with Crippen molar-refractivity contribution >= 4 is 5.78 Å². The third-order valence-electron chi connectivity index (χ3n) is 5.33. The minimum absolute atomic E-state index is 0.114. The van der Waals surface area contributed by atoms with Crippen molar-refractivity contribution in [2.75, 3.05) is 13.1 Å². The first-order chi connectivity index (χ1) is 10.8. The maximum atomic E-state index is 12.8. The second kappa shape index (κ2) is 5.36. The van der Waals surface area contributed by atoms with Crippen LogP contribution in [-0.4, -0.2) is 23.8 Å². The lowest BCUT2D eigenvalue weighted by Crippen LogP contribution is -2.42. The van der Waals surface area contributed by atoms with E-state index in [1.165, 1.54) is 11.1 Å². The number of hydrogen-bond donors (Lipinski definition) is 0. The Morgan fingerprint density at radius 2 is 1.59 bits per heavy atom. The molecule has 2 heteroatoms. The van der Waals surface area contributed by atoms with Crippen LogP contribution in [0.5, 0.6) is 0 Å². The average molecular weight is 291 g/mol. The number of fused-ring (bicyclic) bond motifs is 1. The van der Waals surface area contributed by atoms with Crippen molar-refractivity contribution in [3.05, 3.63) is 71.3 Å². The van der Waals surface area contributed by atoms with Gasteiger partial charge in [0.05, 0.1) is 0 Å². The van der Waals surface area contributed by atoms with Gasteiger partial charge >= 0.3 is 0 Å². The van der Waals surface area contributed by atoms with E-state index in [4.69, 9.17) is 0 Å². The quantitative estimate of drug-likeness (QED) is 0.840. The van der Waals surface area contributed by atoms with Gasteiger partial charge in [0.1, 0.15) is 0 Å². The van der Waals surface area contributed by atoms with Gasteiger partial charge in [0.2, 0.25) is 0 Å². The number of carbonyl (C=O) groups excluding carboxylic acids is 1. The normalized spacial score (nSPS) is 20.3. The van der Waals surface area contributed by atoms with E-state index in [9.17, 15) is 4.79 Å². The first-order valence-electron chi connectivity index (χ1n) is 8.16. The molecule has 0 amide bonds. The standard InChI is InChI=1S/C20H21NO/c22-19-18-9-5-4-8-17(18)14-20(19)10-12-21(13-11-20)15-16-6-2-1-3-7-16/h1-9H,10-15H2. The number of carbonyl (C=O) groups is 1. The van der Waals surface area contributed by atoms with E-state index in [2.05, 4.69) is 47.4 Å². The van der Waals surface area contributed by atoms with E-state index in [1.54, 1.807) is 0 Å². The van der Waals surface area contributed by atoms with Crippen molar-refractivity contribution in [2.45, 2.75) is 25.8 Å². The van der Waals surface area contributed by atoms with Crippen molar-refractivity contribution in [2.24, 2.45) is 5.41 Å². The number of rotatable bonds is 2. The summed E-state index contributed by atoms with van der Waals surface area (Å²) < 4.78 is 0. The fraction of sp³-hybridized carbons (Fsp3) is 0.350. The van der Waals surface area contributed by atoms with Gasteiger partial charge in [-0.2, -0.15) is 0 Å². The van der Waals surface area contributed by atoms with Gasteiger partial charge in [0.15, 0.2) is 5.78 Å². The van der Waals surface area contributed by atoms with Crippen LogP contribution in [-0.2, 0) is 13.0 Å². The molecule has 4 rings (SSSR count). The highest BCUT2D eigenvalue weighted by molar-refractivity contribution is 6.05. The van der Waals surface area contributed by atoms with Crippen molar-refractivity contribution in [1.82, 2.24) is 4.90 Å². The van der Waals surface area contributed by atoms with E-state index in [0.29, 0.717) is 5.78 Å². The van der Waals surface area contributed by atoms with Gasteiger partial charge < -0.3 is 0 Å². The molecule has 1 fully saturated rings. The summed E-state index contributed by atoms with van der Waals surface area (Å²) >= 11 is 0. The molecule has 2 aromatic carbocycles. The molecule has 1 heterocycles. The summed E-state index contributed by atoms with van der Waals surface area (Å²) in [4.78, 5) is 15.3. The molecule has 2 nitrogen and oxygen atoms in total. The van der Waals surface area contributed by atoms with Gasteiger partial charge in [-0.1, -0.05) is 54.6 Å². The van der Waals surface area contributed by atoms with Crippen LogP contribution in [0.15, 0.2) is 54.6 Å². The molecular formula is C20H21NO. The molecule has 0 saturated carbocycles. The molecule has 1 aliphatic carbocycles. The van der Waals surface area contributed by atoms with E-state index in [-0.39, 0.29) is 5.41 Å². The summed E-state index contributed by atoms with van der Waals surface area (Å²) in [7, 11) is 0. The molecule has 2 aliphatic rings. The molecule has 1 saturated heterocycles. The lowest BCUT2D eigenvalue weighted by Gasteiger charge is -2.38. The second-order valence-electron chi connectivity index (χ2n) is 6.71. The summed E-state index contributed by atoms with van der Waals surface area (Å²) in [6.45, 7) is 3.04. The predicted octanol–water partition coefficient (Wildman–Crippen LogP) is 3.71. The van der Waals surface area contributed by atoms with Crippen LogP contribution in [0, 0.1) is 5.41 Å². The third kappa shape index (κ3) is 2.28. The zero-order valence-electron chi connectivity index (χ0n) is 12.8. The average Bonchev–Trinajstić information content (AvgIpc) is 2.84. The van der Waals surface area contributed by atoms with Gasteiger partial charge in [-0.3, -0.25) is 9.69 Å². The van der Waals surface area contributed by atoms with E-state index in [0.717, 1.165) is 44.5 Å². The SMILES string of the molecule is O=C1c2ccccc2CC12CCN(Cc1ccccc1)CC2. The van der Waals surface area contributed by atoms with Crippen molar-refractivity contribution in [3.8, 4) is 0 Å². The van der Waals surface area contributed by atoms with E-state index in [1.807, 2.05) is 12.1 Å². The molecular weight excluding hydrogens is 270 g/mol. The molecule has 0 aromatic heterocycles. The molecule has 0 radical (unpaired) electrons. The number of piperidine rings is 1.